The van der Waals surface area contributed by atoms with Crippen molar-refractivity contribution in [1.82, 2.24) is 4.90 Å². The lowest BCUT2D eigenvalue weighted by molar-refractivity contribution is -0.138. The lowest BCUT2D eigenvalue weighted by Crippen LogP contribution is -2.42. The maximum Gasteiger partial charge on any atom is 0.225 e. The van der Waals surface area contributed by atoms with Gasteiger partial charge in [-0.05, 0) is 45.6 Å². The normalized spacial score (nSPS) is 22.2. The minimum absolute atomic E-state index is 0.135. The van der Waals surface area contributed by atoms with Crippen LogP contribution < -0.4 is 5.73 Å². The van der Waals surface area contributed by atoms with Crippen LogP contribution in [0.4, 0.5) is 0 Å². The predicted octanol–water partition coefficient (Wildman–Crippen LogP) is 1.65. The van der Waals surface area contributed by atoms with Crippen molar-refractivity contribution in [3.8, 4) is 0 Å². The van der Waals surface area contributed by atoms with Crippen LogP contribution in [0.15, 0.2) is 0 Å². The van der Waals surface area contributed by atoms with Gasteiger partial charge in [0, 0.05) is 32.2 Å². The Morgan fingerprint density at radius 3 is 2.29 bits per heavy atom. The van der Waals surface area contributed by atoms with Gasteiger partial charge >= 0.3 is 0 Å². The van der Waals surface area contributed by atoms with E-state index in [1.165, 1.54) is 0 Å². The van der Waals surface area contributed by atoms with Crippen LogP contribution in [0.2, 0.25) is 0 Å². The van der Waals surface area contributed by atoms with Crippen LogP contribution in [0, 0.1) is 11.8 Å². The fraction of sp³-hybridized carbons (Fsp3) is 0.938. The molecule has 0 aromatic heterocycles. The molecular weight excluding hydrogens is 268 g/mol. The van der Waals surface area contributed by atoms with E-state index in [-0.39, 0.29) is 11.8 Å². The molecule has 124 valence electrons. The zero-order valence-corrected chi connectivity index (χ0v) is 13.7. The van der Waals surface area contributed by atoms with Crippen molar-refractivity contribution in [2.24, 2.45) is 17.6 Å². The molecule has 1 amide bonds. The molecule has 0 saturated heterocycles. The molecule has 1 saturated carbocycles. The van der Waals surface area contributed by atoms with Crippen molar-refractivity contribution in [2.75, 3.05) is 46.1 Å². The van der Waals surface area contributed by atoms with Gasteiger partial charge in [-0.3, -0.25) is 4.79 Å². The summed E-state index contributed by atoms with van der Waals surface area (Å²) in [6.45, 7) is 8.52. The third-order valence-corrected chi connectivity index (χ3v) is 4.20. The van der Waals surface area contributed by atoms with Gasteiger partial charge in [0.15, 0.2) is 0 Å². The molecule has 1 aliphatic rings. The van der Waals surface area contributed by atoms with Gasteiger partial charge in [0.2, 0.25) is 5.91 Å². The number of hydrogen-bond acceptors (Lipinski definition) is 4. The predicted molar refractivity (Wildman–Crippen MR) is 84.1 cm³/mol. The van der Waals surface area contributed by atoms with Gasteiger partial charge in [-0.1, -0.05) is 6.42 Å². The maximum absolute atomic E-state index is 12.7. The number of rotatable bonds is 10. The summed E-state index contributed by atoms with van der Waals surface area (Å²) in [6.07, 6.45) is 4.21. The minimum atomic E-state index is 0.135. The topological polar surface area (TPSA) is 64.8 Å². The first kappa shape index (κ1) is 18.4. The number of nitrogens with two attached hydrogens (primary N) is 1. The smallest absolute Gasteiger partial charge is 0.225 e. The molecule has 0 aromatic carbocycles. The number of nitrogens with zero attached hydrogens (tertiary/aromatic N) is 1. The summed E-state index contributed by atoms with van der Waals surface area (Å²) in [6, 6.07) is 0. The summed E-state index contributed by atoms with van der Waals surface area (Å²) in [4.78, 5) is 14.6. The van der Waals surface area contributed by atoms with Crippen LogP contribution >= 0.6 is 0 Å². The first-order valence-electron chi connectivity index (χ1n) is 8.37. The highest BCUT2D eigenvalue weighted by molar-refractivity contribution is 5.79. The number of carbonyl (C=O) groups is 1. The van der Waals surface area contributed by atoms with E-state index in [0.29, 0.717) is 52.0 Å². The maximum atomic E-state index is 12.7. The van der Waals surface area contributed by atoms with Gasteiger partial charge in [0.05, 0.1) is 13.2 Å². The van der Waals surface area contributed by atoms with Crippen molar-refractivity contribution < 1.29 is 14.3 Å². The van der Waals surface area contributed by atoms with E-state index in [1.807, 2.05) is 18.7 Å². The Balaban J connectivity index is 2.50. The van der Waals surface area contributed by atoms with E-state index in [9.17, 15) is 4.79 Å². The highest BCUT2D eigenvalue weighted by Gasteiger charge is 2.29. The van der Waals surface area contributed by atoms with E-state index in [4.69, 9.17) is 15.2 Å². The number of hydrogen-bond donors (Lipinski definition) is 1. The average molecular weight is 300 g/mol. The van der Waals surface area contributed by atoms with Crippen molar-refractivity contribution >= 4 is 5.91 Å². The summed E-state index contributed by atoms with van der Waals surface area (Å²) in [7, 11) is 0. The molecule has 1 fully saturated rings. The van der Waals surface area contributed by atoms with Crippen LogP contribution in [-0.4, -0.2) is 56.9 Å². The Morgan fingerprint density at radius 1 is 1.14 bits per heavy atom. The third-order valence-electron chi connectivity index (χ3n) is 4.20. The van der Waals surface area contributed by atoms with Crippen LogP contribution in [0.25, 0.3) is 0 Å². The van der Waals surface area contributed by atoms with Crippen LogP contribution in [0.5, 0.6) is 0 Å². The van der Waals surface area contributed by atoms with Crippen LogP contribution in [-0.2, 0) is 14.3 Å². The monoisotopic (exact) mass is 300 g/mol. The second-order valence-electron chi connectivity index (χ2n) is 5.68. The van der Waals surface area contributed by atoms with Crippen LogP contribution in [0.1, 0.15) is 39.5 Å². The number of ether oxygens (including phenoxy) is 2. The Hall–Kier alpha value is -0.650. The van der Waals surface area contributed by atoms with Crippen molar-refractivity contribution in [3.05, 3.63) is 0 Å². The average Bonchev–Trinajstić information content (AvgIpc) is 2.53. The molecule has 5 heteroatoms. The zero-order chi connectivity index (χ0) is 15.5. The van der Waals surface area contributed by atoms with Gasteiger partial charge in [-0.25, -0.2) is 0 Å². The molecule has 0 aromatic rings. The lowest BCUT2D eigenvalue weighted by atomic mass is 9.81. The van der Waals surface area contributed by atoms with Gasteiger partial charge in [-0.15, -0.1) is 0 Å². The van der Waals surface area contributed by atoms with Crippen molar-refractivity contribution in [3.63, 3.8) is 0 Å². The first-order chi connectivity index (χ1) is 10.2. The summed E-state index contributed by atoms with van der Waals surface area (Å²) in [5, 5.41) is 0. The Morgan fingerprint density at radius 2 is 1.76 bits per heavy atom. The third kappa shape index (κ3) is 6.76. The Labute approximate surface area is 129 Å². The molecule has 0 spiro atoms. The second-order valence-corrected chi connectivity index (χ2v) is 5.68. The highest BCUT2D eigenvalue weighted by Crippen LogP contribution is 2.29. The van der Waals surface area contributed by atoms with Gasteiger partial charge in [0.1, 0.15) is 0 Å². The summed E-state index contributed by atoms with van der Waals surface area (Å²) < 4.78 is 10.8. The number of carbonyl (C=O) groups excluding carboxylic acids is 1. The summed E-state index contributed by atoms with van der Waals surface area (Å²) >= 11 is 0. The molecule has 0 heterocycles. The fourth-order valence-corrected chi connectivity index (χ4v) is 2.96. The van der Waals surface area contributed by atoms with E-state index in [2.05, 4.69) is 0 Å². The minimum Gasteiger partial charge on any atom is -0.380 e. The molecule has 1 rings (SSSR count). The molecule has 2 unspecified atom stereocenters. The quantitative estimate of drug-likeness (QED) is 0.623. The molecule has 0 aliphatic heterocycles. The molecule has 0 radical (unpaired) electrons. The molecule has 1 aliphatic carbocycles. The molecule has 5 nitrogen and oxygen atoms in total. The van der Waals surface area contributed by atoms with E-state index in [0.717, 1.165) is 25.7 Å². The fourth-order valence-electron chi connectivity index (χ4n) is 2.96. The van der Waals surface area contributed by atoms with Crippen molar-refractivity contribution in [2.45, 2.75) is 39.5 Å². The Bertz CT molecular complexity index is 277. The largest absolute Gasteiger partial charge is 0.380 e. The SMILES string of the molecule is CCOCCN(CCOCC)C(=O)C1CCCC(CN)C1. The van der Waals surface area contributed by atoms with Gasteiger partial charge < -0.3 is 20.1 Å². The zero-order valence-electron chi connectivity index (χ0n) is 13.7. The molecule has 2 atom stereocenters. The van der Waals surface area contributed by atoms with Gasteiger partial charge in [-0.2, -0.15) is 0 Å². The lowest BCUT2D eigenvalue weighted by Gasteiger charge is -2.32. The van der Waals surface area contributed by atoms with E-state index >= 15 is 0 Å². The molecular formula is C16H32N2O3. The van der Waals surface area contributed by atoms with Gasteiger partial charge in [0.25, 0.3) is 0 Å². The number of amides is 1. The van der Waals surface area contributed by atoms with Crippen LogP contribution in [0.3, 0.4) is 0 Å². The van der Waals surface area contributed by atoms with Crippen molar-refractivity contribution in [1.29, 1.82) is 0 Å². The first-order valence-corrected chi connectivity index (χ1v) is 8.37. The van der Waals surface area contributed by atoms with E-state index < -0.39 is 0 Å². The second kappa shape index (κ2) is 11.0. The molecule has 21 heavy (non-hydrogen) atoms. The standard InChI is InChI=1S/C16H32N2O3/c1-3-20-10-8-18(9-11-21-4-2)16(19)15-7-5-6-14(12-15)13-17/h14-15H,3-13,17H2,1-2H3. The molecule has 2 N–H and O–H groups in total. The summed E-state index contributed by atoms with van der Waals surface area (Å²) in [5.74, 6) is 0.899. The summed E-state index contributed by atoms with van der Waals surface area (Å²) in [5.41, 5.74) is 5.77. The molecule has 0 bridgehead atoms. The van der Waals surface area contributed by atoms with E-state index in [1.54, 1.807) is 0 Å². The Kier molecular flexibility index (Phi) is 9.63. The highest BCUT2D eigenvalue weighted by atomic mass is 16.5.